The highest BCUT2D eigenvalue weighted by molar-refractivity contribution is 5.93. The molecule has 0 aliphatic heterocycles. The van der Waals surface area contributed by atoms with Crippen LogP contribution in [0.5, 0.6) is 0 Å². The number of nitrogens with zero attached hydrogens (tertiary/aromatic N) is 3. The van der Waals surface area contributed by atoms with Crippen molar-refractivity contribution in [1.82, 2.24) is 20.3 Å². The van der Waals surface area contributed by atoms with Gasteiger partial charge in [0.2, 0.25) is 0 Å². The van der Waals surface area contributed by atoms with Crippen molar-refractivity contribution in [3.05, 3.63) is 41.7 Å². The van der Waals surface area contributed by atoms with Gasteiger partial charge in [0, 0.05) is 6.04 Å². The summed E-state index contributed by atoms with van der Waals surface area (Å²) in [5.41, 5.74) is 1.84. The van der Waals surface area contributed by atoms with Crippen molar-refractivity contribution >= 4 is 5.91 Å². The van der Waals surface area contributed by atoms with E-state index in [1.807, 2.05) is 37.3 Å². The van der Waals surface area contributed by atoms with Crippen LogP contribution in [0.1, 0.15) is 37.0 Å². The van der Waals surface area contributed by atoms with E-state index in [0.29, 0.717) is 17.3 Å². The molecule has 1 amide bonds. The highest BCUT2D eigenvalue weighted by Gasteiger charge is 2.19. The largest absolute Gasteiger partial charge is 0.348 e. The van der Waals surface area contributed by atoms with Crippen molar-refractivity contribution in [2.75, 3.05) is 0 Å². The molecule has 1 N–H and O–H groups in total. The van der Waals surface area contributed by atoms with E-state index in [9.17, 15) is 4.79 Å². The second kappa shape index (κ2) is 5.86. The molecule has 0 spiro atoms. The van der Waals surface area contributed by atoms with Crippen molar-refractivity contribution < 1.29 is 4.79 Å². The molecular weight excluding hydrogens is 252 g/mol. The average molecular weight is 272 g/mol. The average Bonchev–Trinajstić information content (AvgIpc) is 2.81. The lowest BCUT2D eigenvalue weighted by atomic mass is 10.1. The Morgan fingerprint density at radius 3 is 2.40 bits per heavy atom. The van der Waals surface area contributed by atoms with Crippen LogP contribution in [0.4, 0.5) is 0 Å². The summed E-state index contributed by atoms with van der Waals surface area (Å²) >= 11 is 0. The Hall–Kier alpha value is -2.17. The molecule has 1 unspecified atom stereocenters. The summed E-state index contributed by atoms with van der Waals surface area (Å²) in [5, 5.41) is 11.5. The highest BCUT2D eigenvalue weighted by Crippen LogP contribution is 2.09. The number of aryl methyl sites for hydroxylation is 1. The fraction of sp³-hybridized carbons (Fsp3) is 0.400. The summed E-state index contributed by atoms with van der Waals surface area (Å²) in [4.78, 5) is 13.7. The number of carbonyl (C=O) groups excluding carboxylic acids is 1. The van der Waals surface area contributed by atoms with Gasteiger partial charge in [-0.25, -0.2) is 0 Å². The van der Waals surface area contributed by atoms with Gasteiger partial charge in [-0.15, -0.1) is 5.10 Å². The fourth-order valence-corrected chi connectivity index (χ4v) is 1.71. The molecule has 0 bridgehead atoms. The Morgan fingerprint density at radius 1 is 1.15 bits per heavy atom. The molecule has 106 valence electrons. The van der Waals surface area contributed by atoms with E-state index in [-0.39, 0.29) is 11.9 Å². The summed E-state index contributed by atoms with van der Waals surface area (Å²) in [6.07, 6.45) is 0. The standard InChI is InChI=1S/C15H20N4O/c1-10(2)11(3)16-15(20)14-12(4)17-19(18-14)13-8-6-5-7-9-13/h5-11H,1-4H3,(H,16,20). The lowest BCUT2D eigenvalue weighted by molar-refractivity contribution is 0.0924. The van der Waals surface area contributed by atoms with Crippen LogP contribution in [-0.4, -0.2) is 26.9 Å². The number of benzene rings is 1. The molecule has 0 saturated heterocycles. The second-order valence-corrected chi connectivity index (χ2v) is 5.27. The van der Waals surface area contributed by atoms with Crippen LogP contribution in [-0.2, 0) is 0 Å². The Morgan fingerprint density at radius 2 is 1.80 bits per heavy atom. The maximum absolute atomic E-state index is 12.2. The number of para-hydroxylation sites is 1. The molecule has 1 atom stereocenters. The first-order valence-corrected chi connectivity index (χ1v) is 6.79. The molecule has 5 nitrogen and oxygen atoms in total. The van der Waals surface area contributed by atoms with Gasteiger partial charge in [-0.3, -0.25) is 4.79 Å². The molecule has 0 aliphatic rings. The van der Waals surface area contributed by atoms with E-state index in [4.69, 9.17) is 0 Å². The highest BCUT2D eigenvalue weighted by atomic mass is 16.2. The summed E-state index contributed by atoms with van der Waals surface area (Å²) in [6, 6.07) is 9.65. The van der Waals surface area contributed by atoms with Crippen LogP contribution in [0.25, 0.3) is 5.69 Å². The number of hydrogen-bond donors (Lipinski definition) is 1. The number of rotatable bonds is 4. The smallest absolute Gasteiger partial charge is 0.273 e. The molecule has 5 heteroatoms. The maximum atomic E-state index is 12.2. The van der Waals surface area contributed by atoms with Gasteiger partial charge in [-0.05, 0) is 31.9 Å². The quantitative estimate of drug-likeness (QED) is 0.929. The third-order valence-electron chi connectivity index (χ3n) is 3.34. The maximum Gasteiger partial charge on any atom is 0.273 e. The molecule has 1 aromatic heterocycles. The first-order valence-electron chi connectivity index (χ1n) is 6.79. The predicted octanol–water partition coefficient (Wildman–Crippen LogP) is 2.35. The van der Waals surface area contributed by atoms with Crippen LogP contribution < -0.4 is 5.32 Å². The zero-order valence-electron chi connectivity index (χ0n) is 12.3. The van der Waals surface area contributed by atoms with Gasteiger partial charge in [0.25, 0.3) is 5.91 Å². The topological polar surface area (TPSA) is 59.8 Å². The first-order chi connectivity index (χ1) is 9.49. The minimum absolute atomic E-state index is 0.101. The molecular formula is C15H20N4O. The molecule has 0 aliphatic carbocycles. The summed E-state index contributed by atoms with van der Waals surface area (Å²) in [6.45, 7) is 7.91. The predicted molar refractivity (Wildman–Crippen MR) is 77.9 cm³/mol. The monoisotopic (exact) mass is 272 g/mol. The second-order valence-electron chi connectivity index (χ2n) is 5.27. The van der Waals surface area contributed by atoms with E-state index < -0.39 is 0 Å². The number of hydrogen-bond acceptors (Lipinski definition) is 3. The van der Waals surface area contributed by atoms with Crippen molar-refractivity contribution in [3.63, 3.8) is 0 Å². The Kier molecular flexibility index (Phi) is 4.17. The van der Waals surface area contributed by atoms with E-state index in [0.717, 1.165) is 5.69 Å². The fourth-order valence-electron chi connectivity index (χ4n) is 1.71. The summed E-state index contributed by atoms with van der Waals surface area (Å²) in [5.74, 6) is 0.203. The van der Waals surface area contributed by atoms with Crippen LogP contribution >= 0.6 is 0 Å². The van der Waals surface area contributed by atoms with Crippen LogP contribution in [0.15, 0.2) is 30.3 Å². The summed E-state index contributed by atoms with van der Waals surface area (Å²) in [7, 11) is 0. The van der Waals surface area contributed by atoms with Gasteiger partial charge in [-0.1, -0.05) is 32.0 Å². The first kappa shape index (κ1) is 14.2. The van der Waals surface area contributed by atoms with Gasteiger partial charge in [0.1, 0.15) is 0 Å². The Balaban J connectivity index is 2.22. The molecule has 0 saturated carbocycles. The van der Waals surface area contributed by atoms with Crippen molar-refractivity contribution in [2.45, 2.75) is 33.7 Å². The van der Waals surface area contributed by atoms with Crippen molar-refractivity contribution in [2.24, 2.45) is 5.92 Å². The van der Waals surface area contributed by atoms with E-state index >= 15 is 0 Å². The van der Waals surface area contributed by atoms with E-state index in [1.54, 1.807) is 6.92 Å². The molecule has 0 radical (unpaired) electrons. The lowest BCUT2D eigenvalue weighted by Gasteiger charge is -2.16. The zero-order valence-corrected chi connectivity index (χ0v) is 12.3. The molecule has 1 heterocycles. The lowest BCUT2D eigenvalue weighted by Crippen LogP contribution is -2.36. The van der Waals surface area contributed by atoms with E-state index in [1.165, 1.54) is 4.80 Å². The minimum atomic E-state index is -0.175. The van der Waals surface area contributed by atoms with Gasteiger partial charge in [0.05, 0.1) is 11.4 Å². The van der Waals surface area contributed by atoms with Gasteiger partial charge < -0.3 is 5.32 Å². The van der Waals surface area contributed by atoms with Crippen LogP contribution in [0.3, 0.4) is 0 Å². The molecule has 0 fully saturated rings. The zero-order chi connectivity index (χ0) is 14.7. The van der Waals surface area contributed by atoms with Gasteiger partial charge >= 0.3 is 0 Å². The molecule has 1 aromatic carbocycles. The normalized spacial score (nSPS) is 12.4. The van der Waals surface area contributed by atoms with Crippen LogP contribution in [0.2, 0.25) is 0 Å². The van der Waals surface area contributed by atoms with Crippen LogP contribution in [0, 0.1) is 12.8 Å². The Labute approximate surface area is 119 Å². The number of aromatic nitrogens is 3. The Bertz CT molecular complexity index is 589. The number of amides is 1. The molecule has 2 rings (SSSR count). The molecule has 2 aromatic rings. The van der Waals surface area contributed by atoms with E-state index in [2.05, 4.69) is 29.4 Å². The third kappa shape index (κ3) is 3.04. The van der Waals surface area contributed by atoms with Crippen molar-refractivity contribution in [3.8, 4) is 5.69 Å². The SMILES string of the molecule is Cc1nn(-c2ccccc2)nc1C(=O)NC(C)C(C)C. The van der Waals surface area contributed by atoms with Crippen molar-refractivity contribution in [1.29, 1.82) is 0 Å². The van der Waals surface area contributed by atoms with Gasteiger partial charge in [-0.2, -0.15) is 9.90 Å². The number of carbonyl (C=O) groups is 1. The molecule has 20 heavy (non-hydrogen) atoms. The minimum Gasteiger partial charge on any atom is -0.348 e. The van der Waals surface area contributed by atoms with Gasteiger partial charge in [0.15, 0.2) is 5.69 Å². The summed E-state index contributed by atoms with van der Waals surface area (Å²) < 4.78 is 0. The number of nitrogens with one attached hydrogen (secondary N) is 1. The third-order valence-corrected chi connectivity index (χ3v) is 3.34.